The SMILES string of the molecule is CCN(CC)CC(C)NCc1oc(C)nc1C. The van der Waals surface area contributed by atoms with Crippen molar-refractivity contribution in [3.63, 3.8) is 0 Å². The molecule has 0 aromatic carbocycles. The first kappa shape index (κ1) is 14.2. The van der Waals surface area contributed by atoms with Gasteiger partial charge in [-0.1, -0.05) is 13.8 Å². The lowest BCUT2D eigenvalue weighted by Gasteiger charge is -2.23. The molecule has 0 bridgehead atoms. The molecule has 1 heterocycles. The number of hydrogen-bond donors (Lipinski definition) is 1. The van der Waals surface area contributed by atoms with Gasteiger partial charge in [0.05, 0.1) is 12.2 Å². The fourth-order valence-electron chi connectivity index (χ4n) is 1.94. The van der Waals surface area contributed by atoms with E-state index < -0.39 is 0 Å². The minimum absolute atomic E-state index is 0.458. The number of aromatic nitrogens is 1. The number of nitrogens with one attached hydrogen (secondary N) is 1. The maximum atomic E-state index is 5.54. The van der Waals surface area contributed by atoms with Crippen LogP contribution < -0.4 is 5.32 Å². The molecule has 0 radical (unpaired) electrons. The van der Waals surface area contributed by atoms with Crippen molar-refractivity contribution in [2.45, 2.75) is 47.2 Å². The quantitative estimate of drug-likeness (QED) is 0.791. The zero-order valence-corrected chi connectivity index (χ0v) is 11.7. The van der Waals surface area contributed by atoms with Crippen molar-refractivity contribution < 1.29 is 4.42 Å². The van der Waals surface area contributed by atoms with Gasteiger partial charge in [-0.3, -0.25) is 0 Å². The predicted octanol–water partition coefficient (Wildman–Crippen LogP) is 2.11. The second kappa shape index (κ2) is 6.77. The first-order valence-electron chi connectivity index (χ1n) is 6.45. The smallest absolute Gasteiger partial charge is 0.191 e. The lowest BCUT2D eigenvalue weighted by Crippen LogP contribution is -2.38. The molecular formula is C13H25N3O. The summed E-state index contributed by atoms with van der Waals surface area (Å²) < 4.78 is 5.54. The van der Waals surface area contributed by atoms with Crippen molar-refractivity contribution in [2.24, 2.45) is 0 Å². The summed E-state index contributed by atoms with van der Waals surface area (Å²) >= 11 is 0. The zero-order valence-electron chi connectivity index (χ0n) is 11.7. The van der Waals surface area contributed by atoms with Crippen molar-refractivity contribution >= 4 is 0 Å². The Morgan fingerprint density at radius 1 is 1.29 bits per heavy atom. The third kappa shape index (κ3) is 4.48. The van der Waals surface area contributed by atoms with E-state index in [0.717, 1.165) is 43.5 Å². The average Bonchev–Trinajstić information content (AvgIpc) is 2.62. The molecule has 0 aliphatic rings. The van der Waals surface area contributed by atoms with E-state index >= 15 is 0 Å². The molecule has 98 valence electrons. The van der Waals surface area contributed by atoms with E-state index in [4.69, 9.17) is 4.42 Å². The van der Waals surface area contributed by atoms with Gasteiger partial charge in [0.2, 0.25) is 0 Å². The van der Waals surface area contributed by atoms with Crippen molar-refractivity contribution in [3.05, 3.63) is 17.3 Å². The van der Waals surface area contributed by atoms with Gasteiger partial charge in [0.15, 0.2) is 5.89 Å². The third-order valence-electron chi connectivity index (χ3n) is 3.04. The van der Waals surface area contributed by atoms with Crippen LogP contribution in [0.4, 0.5) is 0 Å². The van der Waals surface area contributed by atoms with Gasteiger partial charge >= 0.3 is 0 Å². The molecule has 1 aromatic rings. The molecule has 0 fully saturated rings. The molecule has 0 amide bonds. The van der Waals surface area contributed by atoms with Gasteiger partial charge in [0, 0.05) is 19.5 Å². The molecule has 1 atom stereocenters. The van der Waals surface area contributed by atoms with Crippen molar-refractivity contribution in [2.75, 3.05) is 19.6 Å². The van der Waals surface area contributed by atoms with Gasteiger partial charge in [-0.15, -0.1) is 0 Å². The average molecular weight is 239 g/mol. The van der Waals surface area contributed by atoms with Crippen LogP contribution in [0.1, 0.15) is 38.1 Å². The number of rotatable bonds is 7. The summed E-state index contributed by atoms with van der Waals surface area (Å²) in [5.41, 5.74) is 0.991. The van der Waals surface area contributed by atoms with Gasteiger partial charge in [-0.25, -0.2) is 4.98 Å². The summed E-state index contributed by atoms with van der Waals surface area (Å²) in [5.74, 6) is 1.70. The number of aryl methyl sites for hydroxylation is 2. The third-order valence-corrected chi connectivity index (χ3v) is 3.04. The van der Waals surface area contributed by atoms with Crippen molar-refractivity contribution in [1.29, 1.82) is 0 Å². The van der Waals surface area contributed by atoms with Gasteiger partial charge in [-0.05, 0) is 26.9 Å². The van der Waals surface area contributed by atoms with Crippen LogP contribution in [0.5, 0.6) is 0 Å². The standard InChI is InChI=1S/C13H25N3O/c1-6-16(7-2)9-10(3)14-8-13-11(4)15-12(5)17-13/h10,14H,6-9H2,1-5H3. The maximum Gasteiger partial charge on any atom is 0.191 e. The van der Waals surface area contributed by atoms with E-state index in [2.05, 4.69) is 36.0 Å². The van der Waals surface area contributed by atoms with E-state index in [0.29, 0.717) is 6.04 Å². The van der Waals surface area contributed by atoms with Crippen molar-refractivity contribution in [3.8, 4) is 0 Å². The second-order valence-electron chi connectivity index (χ2n) is 4.51. The summed E-state index contributed by atoms with van der Waals surface area (Å²) in [6.07, 6.45) is 0. The highest BCUT2D eigenvalue weighted by molar-refractivity contribution is 5.07. The van der Waals surface area contributed by atoms with Crippen LogP contribution >= 0.6 is 0 Å². The maximum absolute atomic E-state index is 5.54. The highest BCUT2D eigenvalue weighted by Gasteiger charge is 2.10. The van der Waals surface area contributed by atoms with Crippen LogP contribution in [0.15, 0.2) is 4.42 Å². The predicted molar refractivity (Wildman–Crippen MR) is 70.1 cm³/mol. The van der Waals surface area contributed by atoms with E-state index in [1.807, 2.05) is 13.8 Å². The molecule has 0 spiro atoms. The van der Waals surface area contributed by atoms with Crippen LogP contribution in [-0.4, -0.2) is 35.6 Å². The molecule has 0 aliphatic heterocycles. The topological polar surface area (TPSA) is 41.3 Å². The number of nitrogens with zero attached hydrogens (tertiary/aromatic N) is 2. The fourth-order valence-corrected chi connectivity index (χ4v) is 1.94. The van der Waals surface area contributed by atoms with Crippen LogP contribution in [0.25, 0.3) is 0 Å². The molecule has 1 aromatic heterocycles. The Morgan fingerprint density at radius 2 is 1.94 bits per heavy atom. The summed E-state index contributed by atoms with van der Waals surface area (Å²) in [7, 11) is 0. The number of oxazole rings is 1. The Labute approximate surface area is 104 Å². The molecule has 1 N–H and O–H groups in total. The molecule has 1 unspecified atom stereocenters. The highest BCUT2D eigenvalue weighted by Crippen LogP contribution is 2.08. The molecule has 4 heteroatoms. The normalized spacial score (nSPS) is 13.3. The van der Waals surface area contributed by atoms with Gasteiger partial charge in [-0.2, -0.15) is 0 Å². The number of hydrogen-bond acceptors (Lipinski definition) is 4. The molecule has 4 nitrogen and oxygen atoms in total. The van der Waals surface area contributed by atoms with E-state index in [-0.39, 0.29) is 0 Å². The zero-order chi connectivity index (χ0) is 12.8. The largest absolute Gasteiger partial charge is 0.444 e. The van der Waals surface area contributed by atoms with Gasteiger partial charge in [0.25, 0.3) is 0 Å². The molecule has 17 heavy (non-hydrogen) atoms. The van der Waals surface area contributed by atoms with E-state index in [9.17, 15) is 0 Å². The van der Waals surface area contributed by atoms with Crippen LogP contribution in [0.3, 0.4) is 0 Å². The molecule has 0 saturated carbocycles. The summed E-state index contributed by atoms with van der Waals surface area (Å²) in [4.78, 5) is 6.68. The Balaban J connectivity index is 2.37. The van der Waals surface area contributed by atoms with Gasteiger partial charge in [0.1, 0.15) is 5.76 Å². The lowest BCUT2D eigenvalue weighted by atomic mass is 10.3. The lowest BCUT2D eigenvalue weighted by molar-refractivity contribution is 0.267. The highest BCUT2D eigenvalue weighted by atomic mass is 16.4. The van der Waals surface area contributed by atoms with Gasteiger partial charge < -0.3 is 14.6 Å². The number of likely N-dealkylation sites (N-methyl/N-ethyl adjacent to an activating group) is 1. The summed E-state index contributed by atoms with van der Waals surface area (Å²) in [6.45, 7) is 14.5. The van der Waals surface area contributed by atoms with Crippen molar-refractivity contribution in [1.82, 2.24) is 15.2 Å². The molecule has 1 rings (SSSR count). The Hall–Kier alpha value is -0.870. The van der Waals surface area contributed by atoms with Crippen LogP contribution in [0.2, 0.25) is 0 Å². The monoisotopic (exact) mass is 239 g/mol. The Kier molecular flexibility index (Phi) is 5.65. The van der Waals surface area contributed by atoms with E-state index in [1.165, 1.54) is 0 Å². The molecule has 0 aliphatic carbocycles. The van der Waals surface area contributed by atoms with Crippen LogP contribution in [0, 0.1) is 13.8 Å². The molecule has 0 saturated heterocycles. The minimum atomic E-state index is 0.458. The Morgan fingerprint density at radius 3 is 2.41 bits per heavy atom. The second-order valence-corrected chi connectivity index (χ2v) is 4.51. The fraction of sp³-hybridized carbons (Fsp3) is 0.769. The summed E-state index contributed by atoms with van der Waals surface area (Å²) in [5, 5.41) is 3.48. The minimum Gasteiger partial charge on any atom is -0.444 e. The first-order chi connectivity index (χ1) is 8.06. The van der Waals surface area contributed by atoms with E-state index in [1.54, 1.807) is 0 Å². The van der Waals surface area contributed by atoms with Crippen LogP contribution in [-0.2, 0) is 6.54 Å². The Bertz CT molecular complexity index is 331. The summed E-state index contributed by atoms with van der Waals surface area (Å²) in [6, 6.07) is 0.458. The first-order valence-corrected chi connectivity index (χ1v) is 6.45. The molecular weight excluding hydrogens is 214 g/mol.